The second-order valence-electron chi connectivity index (χ2n) is 8.55. The number of benzene rings is 1. The molecule has 4 rings (SSSR count). The van der Waals surface area contributed by atoms with Gasteiger partial charge in [-0.2, -0.15) is 0 Å². The van der Waals surface area contributed by atoms with Crippen LogP contribution in [0.1, 0.15) is 42.5 Å². The minimum absolute atomic E-state index is 0.158. The lowest BCUT2D eigenvalue weighted by Gasteiger charge is -2.44. The van der Waals surface area contributed by atoms with E-state index >= 15 is 0 Å². The Morgan fingerprint density at radius 1 is 1.16 bits per heavy atom. The fourth-order valence-corrected chi connectivity index (χ4v) is 4.50. The van der Waals surface area contributed by atoms with E-state index in [1.54, 1.807) is 24.1 Å². The van der Waals surface area contributed by atoms with E-state index in [0.717, 1.165) is 12.8 Å². The molecule has 1 aromatic rings. The Kier molecular flexibility index (Phi) is 6.57. The number of rotatable bonds is 7. The van der Waals surface area contributed by atoms with Gasteiger partial charge in [-0.25, -0.2) is 0 Å². The van der Waals surface area contributed by atoms with Crippen LogP contribution >= 0.6 is 0 Å². The molecule has 8 heteroatoms. The van der Waals surface area contributed by atoms with Gasteiger partial charge in [-0.3, -0.25) is 19.3 Å². The van der Waals surface area contributed by atoms with E-state index in [0.29, 0.717) is 51.1 Å². The Hall–Kier alpha value is -2.45. The van der Waals surface area contributed by atoms with Crippen molar-refractivity contribution in [3.8, 4) is 0 Å². The number of hydrogen-bond acceptors (Lipinski definition) is 5. The standard InChI is InChI=1S/C23H31N3O5/c1-30-15-5-12-24-20(27)19-16-31-23(26(19)22(29)17-6-3-2-4-7-17)10-13-25(14-11-23)21(28)18-8-9-18/h2-4,6-7,18-19H,5,8-16H2,1H3,(H,24,27). The average molecular weight is 430 g/mol. The van der Waals surface area contributed by atoms with Crippen molar-refractivity contribution >= 4 is 17.7 Å². The Bertz CT molecular complexity index is 803. The molecule has 1 aromatic carbocycles. The lowest BCUT2D eigenvalue weighted by molar-refractivity contribution is -0.144. The summed E-state index contributed by atoms with van der Waals surface area (Å²) in [6, 6.07) is 8.30. The van der Waals surface area contributed by atoms with Gasteiger partial charge >= 0.3 is 0 Å². The summed E-state index contributed by atoms with van der Waals surface area (Å²) < 4.78 is 11.2. The molecule has 1 N–H and O–H groups in total. The first kappa shape index (κ1) is 21.8. The highest BCUT2D eigenvalue weighted by Crippen LogP contribution is 2.40. The molecule has 3 amide bonds. The van der Waals surface area contributed by atoms with Crippen molar-refractivity contribution in [2.24, 2.45) is 5.92 Å². The maximum atomic E-state index is 13.5. The molecule has 2 heterocycles. The highest BCUT2D eigenvalue weighted by Gasteiger charge is 2.54. The molecule has 31 heavy (non-hydrogen) atoms. The number of nitrogens with zero attached hydrogens (tertiary/aromatic N) is 2. The van der Waals surface area contributed by atoms with Crippen molar-refractivity contribution in [2.75, 3.05) is 40.0 Å². The van der Waals surface area contributed by atoms with Crippen LogP contribution in [0, 0.1) is 5.92 Å². The van der Waals surface area contributed by atoms with Gasteiger partial charge in [0.1, 0.15) is 11.8 Å². The third-order valence-corrected chi connectivity index (χ3v) is 6.41. The first-order chi connectivity index (χ1) is 15.1. The molecule has 0 bridgehead atoms. The number of ether oxygens (including phenoxy) is 2. The highest BCUT2D eigenvalue weighted by atomic mass is 16.5. The number of nitrogens with one attached hydrogen (secondary N) is 1. The summed E-state index contributed by atoms with van der Waals surface area (Å²) in [6.07, 6.45) is 3.67. The second-order valence-corrected chi connectivity index (χ2v) is 8.55. The molecule has 8 nitrogen and oxygen atoms in total. The average Bonchev–Trinajstić information content (AvgIpc) is 3.59. The van der Waals surface area contributed by atoms with Gasteiger partial charge in [0.2, 0.25) is 11.8 Å². The van der Waals surface area contributed by atoms with Crippen LogP contribution in [0.25, 0.3) is 0 Å². The predicted molar refractivity (Wildman–Crippen MR) is 113 cm³/mol. The fourth-order valence-electron chi connectivity index (χ4n) is 4.50. The molecule has 2 saturated heterocycles. The predicted octanol–water partition coefficient (Wildman–Crippen LogP) is 1.41. The number of carbonyl (C=O) groups excluding carboxylic acids is 3. The Morgan fingerprint density at radius 3 is 2.52 bits per heavy atom. The van der Waals surface area contributed by atoms with Crippen molar-refractivity contribution in [3.63, 3.8) is 0 Å². The highest BCUT2D eigenvalue weighted by molar-refractivity contribution is 5.98. The largest absolute Gasteiger partial charge is 0.385 e. The summed E-state index contributed by atoms with van der Waals surface area (Å²) in [6.45, 7) is 2.27. The molecule has 1 unspecified atom stereocenters. The number of hydrogen-bond donors (Lipinski definition) is 1. The summed E-state index contributed by atoms with van der Waals surface area (Å²) in [7, 11) is 1.62. The van der Waals surface area contributed by atoms with Crippen LogP contribution < -0.4 is 5.32 Å². The third kappa shape index (κ3) is 4.60. The number of likely N-dealkylation sites (tertiary alicyclic amines) is 1. The van der Waals surface area contributed by atoms with Crippen molar-refractivity contribution in [1.29, 1.82) is 0 Å². The molecule has 3 aliphatic rings. The van der Waals surface area contributed by atoms with Crippen molar-refractivity contribution < 1.29 is 23.9 Å². The SMILES string of the molecule is COCCCNC(=O)C1COC2(CCN(C(=O)C3CC3)CC2)N1C(=O)c1ccccc1. The summed E-state index contributed by atoms with van der Waals surface area (Å²) >= 11 is 0. The van der Waals surface area contributed by atoms with Crippen LogP contribution in [0.4, 0.5) is 0 Å². The summed E-state index contributed by atoms with van der Waals surface area (Å²) in [4.78, 5) is 42.5. The molecular weight excluding hydrogens is 398 g/mol. The molecule has 168 valence electrons. The third-order valence-electron chi connectivity index (χ3n) is 6.41. The molecular formula is C23H31N3O5. The summed E-state index contributed by atoms with van der Waals surface area (Å²) in [5.74, 6) is -0.0432. The van der Waals surface area contributed by atoms with Gasteiger partial charge in [-0.05, 0) is 31.4 Å². The molecule has 1 atom stereocenters. The number of methoxy groups -OCH3 is 1. The number of carbonyl (C=O) groups is 3. The Morgan fingerprint density at radius 2 is 1.87 bits per heavy atom. The van der Waals surface area contributed by atoms with Gasteiger partial charge in [0.05, 0.1) is 6.61 Å². The molecule has 3 fully saturated rings. The lowest BCUT2D eigenvalue weighted by Crippen LogP contribution is -2.60. The molecule has 1 aliphatic carbocycles. The molecule has 1 spiro atoms. The lowest BCUT2D eigenvalue weighted by atomic mass is 9.96. The van der Waals surface area contributed by atoms with Crippen LogP contribution in [0.3, 0.4) is 0 Å². The zero-order valence-corrected chi connectivity index (χ0v) is 18.0. The van der Waals surface area contributed by atoms with Gasteiger partial charge in [0, 0.05) is 57.7 Å². The molecule has 2 aliphatic heterocycles. The van der Waals surface area contributed by atoms with Crippen molar-refractivity contribution in [2.45, 2.75) is 43.9 Å². The quantitative estimate of drug-likeness (QED) is 0.662. The molecule has 0 radical (unpaired) electrons. The van der Waals surface area contributed by atoms with Crippen LogP contribution in [0.5, 0.6) is 0 Å². The van der Waals surface area contributed by atoms with E-state index < -0.39 is 11.8 Å². The number of piperidine rings is 1. The molecule has 0 aromatic heterocycles. The van der Waals surface area contributed by atoms with E-state index in [-0.39, 0.29) is 30.2 Å². The van der Waals surface area contributed by atoms with Crippen molar-refractivity contribution in [1.82, 2.24) is 15.1 Å². The van der Waals surface area contributed by atoms with Gasteiger partial charge < -0.3 is 19.7 Å². The van der Waals surface area contributed by atoms with E-state index in [4.69, 9.17) is 9.47 Å². The van der Waals surface area contributed by atoms with Crippen LogP contribution in [-0.4, -0.2) is 79.2 Å². The van der Waals surface area contributed by atoms with E-state index in [1.165, 1.54) is 0 Å². The van der Waals surface area contributed by atoms with Gasteiger partial charge in [-0.1, -0.05) is 18.2 Å². The summed E-state index contributed by atoms with van der Waals surface area (Å²) in [5.41, 5.74) is -0.331. The van der Waals surface area contributed by atoms with Crippen molar-refractivity contribution in [3.05, 3.63) is 35.9 Å². The molecule has 1 saturated carbocycles. The zero-order chi connectivity index (χ0) is 21.8. The van der Waals surface area contributed by atoms with Crippen LogP contribution in [0.2, 0.25) is 0 Å². The zero-order valence-electron chi connectivity index (χ0n) is 18.0. The van der Waals surface area contributed by atoms with Gasteiger partial charge in [0.25, 0.3) is 5.91 Å². The smallest absolute Gasteiger partial charge is 0.256 e. The first-order valence-electron chi connectivity index (χ1n) is 11.1. The van der Waals surface area contributed by atoms with Crippen LogP contribution in [0.15, 0.2) is 30.3 Å². The van der Waals surface area contributed by atoms with E-state index in [2.05, 4.69) is 5.32 Å². The van der Waals surface area contributed by atoms with E-state index in [1.807, 2.05) is 23.1 Å². The second kappa shape index (κ2) is 9.36. The van der Waals surface area contributed by atoms with Gasteiger partial charge in [-0.15, -0.1) is 0 Å². The minimum atomic E-state index is -0.859. The first-order valence-corrected chi connectivity index (χ1v) is 11.1. The maximum Gasteiger partial charge on any atom is 0.256 e. The topological polar surface area (TPSA) is 88.2 Å². The van der Waals surface area contributed by atoms with E-state index in [9.17, 15) is 14.4 Å². The maximum absolute atomic E-state index is 13.5. The normalized spacial score (nSPS) is 22.5. The number of amides is 3. The van der Waals surface area contributed by atoms with Crippen LogP contribution in [-0.2, 0) is 19.1 Å². The minimum Gasteiger partial charge on any atom is -0.385 e. The fraction of sp³-hybridized carbons (Fsp3) is 0.609. The monoisotopic (exact) mass is 429 g/mol. The summed E-state index contributed by atoms with van der Waals surface area (Å²) in [5, 5.41) is 2.91. The van der Waals surface area contributed by atoms with Gasteiger partial charge in [0.15, 0.2) is 0 Å². The Balaban J connectivity index is 1.51. The Labute approximate surface area is 182 Å².